The normalized spacial score (nSPS) is 11.9. The van der Waals surface area contributed by atoms with E-state index in [0.29, 0.717) is 0 Å². The molecule has 4 nitrogen and oxygen atoms in total. The number of para-hydroxylation sites is 5. The third-order valence-electron chi connectivity index (χ3n) is 13.8. The summed E-state index contributed by atoms with van der Waals surface area (Å²) in [6.07, 6.45) is 0. The molecule has 1 aliphatic heterocycles. The maximum absolute atomic E-state index is 6.46. The van der Waals surface area contributed by atoms with Crippen molar-refractivity contribution in [3.05, 3.63) is 243 Å². The molecule has 0 atom stereocenters. The predicted molar refractivity (Wildman–Crippen MR) is 282 cm³/mol. The highest BCUT2D eigenvalue weighted by molar-refractivity contribution is 6.13. The summed E-state index contributed by atoms with van der Waals surface area (Å²) >= 11 is 0. The number of furan rings is 1. The molecule has 14 rings (SSSR count). The van der Waals surface area contributed by atoms with Gasteiger partial charge in [0.15, 0.2) is 11.5 Å². The number of hydrogen-bond donors (Lipinski definition) is 0. The first-order valence-corrected chi connectivity index (χ1v) is 23.1. The second kappa shape index (κ2) is 15.2. The summed E-state index contributed by atoms with van der Waals surface area (Å²) in [7, 11) is 0. The van der Waals surface area contributed by atoms with E-state index in [4.69, 9.17) is 9.15 Å². The van der Waals surface area contributed by atoms with Crippen molar-refractivity contribution < 1.29 is 9.15 Å². The second-order valence-corrected chi connectivity index (χ2v) is 17.7. The van der Waals surface area contributed by atoms with Gasteiger partial charge in [-0.1, -0.05) is 158 Å². The van der Waals surface area contributed by atoms with E-state index >= 15 is 0 Å². The summed E-state index contributed by atoms with van der Waals surface area (Å²) in [6.45, 7) is 0. The van der Waals surface area contributed by atoms with Gasteiger partial charge in [-0.25, -0.2) is 0 Å². The fourth-order valence-electron chi connectivity index (χ4n) is 10.6. The lowest BCUT2D eigenvalue weighted by atomic mass is 9.95. The minimum absolute atomic E-state index is 0.861. The molecule has 2 aromatic heterocycles. The van der Waals surface area contributed by atoms with Crippen LogP contribution in [0.25, 0.3) is 105 Å². The number of benzene rings is 11. The molecule has 0 bridgehead atoms. The third kappa shape index (κ3) is 6.08. The Labute approximate surface area is 392 Å². The van der Waals surface area contributed by atoms with E-state index in [-0.39, 0.29) is 0 Å². The lowest BCUT2D eigenvalue weighted by Gasteiger charge is -2.28. The minimum Gasteiger partial charge on any atom is -0.456 e. The molecular weight excluding hydrogens is 829 g/mol. The van der Waals surface area contributed by atoms with Gasteiger partial charge in [-0.3, -0.25) is 0 Å². The standard InChI is InChI=1S/C64H40N2O2/c1-2-16-50-43(12-1)13-10-19-51(50)46-15-9-14-44(38-46)41-26-32-48(33-27-41)65(49-34-28-42(29-35-49)45-30-36-54-53-18-4-7-23-60(53)67-63(54)40-45)57-21-5-3-17-52(57)47-31-37-58-56(39-47)55-20-11-25-62-64(55)66(58)59-22-6-8-24-61(59)68-62/h1-40H. The van der Waals surface area contributed by atoms with Gasteiger partial charge in [-0.05, 0) is 135 Å². The van der Waals surface area contributed by atoms with Gasteiger partial charge in [-0.2, -0.15) is 0 Å². The molecule has 13 aromatic rings. The summed E-state index contributed by atoms with van der Waals surface area (Å²) in [4.78, 5) is 2.39. The Morgan fingerprint density at radius 3 is 1.79 bits per heavy atom. The molecule has 0 fully saturated rings. The Kier molecular flexibility index (Phi) is 8.55. The number of anilines is 3. The fourth-order valence-corrected chi connectivity index (χ4v) is 10.6. The molecule has 318 valence electrons. The van der Waals surface area contributed by atoms with Crippen LogP contribution in [0.4, 0.5) is 17.1 Å². The Morgan fingerprint density at radius 2 is 0.926 bits per heavy atom. The first-order valence-electron chi connectivity index (χ1n) is 23.1. The summed E-state index contributed by atoms with van der Waals surface area (Å²) in [5.41, 5.74) is 17.5. The SMILES string of the molecule is c1cc(-c2ccc(N(c3ccc(-c4ccc5c(c4)oc4ccccc45)cc3)c3ccccc3-c3ccc4c(c3)c3cccc5c3n4-c3ccccc3O5)cc2)cc(-c2cccc3ccccc23)c1. The Bertz CT molecular complexity index is 4120. The molecule has 11 aromatic carbocycles. The Hall–Kier alpha value is -9.12. The summed E-state index contributed by atoms with van der Waals surface area (Å²) in [6, 6.07) is 87.1. The number of nitrogens with zero attached hydrogens (tertiary/aromatic N) is 2. The maximum Gasteiger partial charge on any atom is 0.152 e. The van der Waals surface area contributed by atoms with Crippen LogP contribution >= 0.6 is 0 Å². The van der Waals surface area contributed by atoms with Crippen LogP contribution in [0.5, 0.6) is 11.5 Å². The van der Waals surface area contributed by atoms with Crippen LogP contribution < -0.4 is 9.64 Å². The summed E-state index contributed by atoms with van der Waals surface area (Å²) in [5, 5.41) is 7.11. The van der Waals surface area contributed by atoms with Crippen LogP contribution in [0, 0.1) is 0 Å². The Balaban J connectivity index is 0.890. The number of rotatable bonds is 7. The van der Waals surface area contributed by atoms with E-state index in [9.17, 15) is 0 Å². The van der Waals surface area contributed by atoms with E-state index < -0.39 is 0 Å². The van der Waals surface area contributed by atoms with Crippen molar-refractivity contribution in [2.75, 3.05) is 4.90 Å². The van der Waals surface area contributed by atoms with Gasteiger partial charge in [0.2, 0.25) is 0 Å². The third-order valence-corrected chi connectivity index (χ3v) is 13.8. The second-order valence-electron chi connectivity index (χ2n) is 17.7. The van der Waals surface area contributed by atoms with Crippen molar-refractivity contribution in [3.8, 4) is 61.7 Å². The lowest BCUT2D eigenvalue weighted by molar-refractivity contribution is 0.476. The van der Waals surface area contributed by atoms with Crippen LogP contribution in [-0.2, 0) is 0 Å². The minimum atomic E-state index is 0.861. The van der Waals surface area contributed by atoms with Gasteiger partial charge in [0.05, 0.1) is 22.4 Å². The van der Waals surface area contributed by atoms with Gasteiger partial charge in [-0.15, -0.1) is 0 Å². The number of hydrogen-bond acceptors (Lipinski definition) is 3. The fraction of sp³-hybridized carbons (Fsp3) is 0. The maximum atomic E-state index is 6.46. The smallest absolute Gasteiger partial charge is 0.152 e. The highest BCUT2D eigenvalue weighted by Crippen LogP contribution is 2.48. The van der Waals surface area contributed by atoms with Crippen molar-refractivity contribution in [1.29, 1.82) is 0 Å². The molecule has 0 amide bonds. The molecule has 0 radical (unpaired) electrons. The van der Waals surface area contributed by atoms with Gasteiger partial charge in [0, 0.05) is 38.5 Å². The molecule has 0 aliphatic carbocycles. The zero-order valence-corrected chi connectivity index (χ0v) is 36.8. The topological polar surface area (TPSA) is 30.5 Å². The van der Waals surface area contributed by atoms with Crippen molar-refractivity contribution in [3.63, 3.8) is 0 Å². The average Bonchev–Trinajstić information content (AvgIpc) is 3.95. The van der Waals surface area contributed by atoms with Crippen LogP contribution in [-0.4, -0.2) is 4.57 Å². The zero-order chi connectivity index (χ0) is 44.7. The first-order chi connectivity index (χ1) is 33.7. The van der Waals surface area contributed by atoms with Crippen molar-refractivity contribution in [1.82, 2.24) is 4.57 Å². The molecule has 4 heteroatoms. The van der Waals surface area contributed by atoms with Crippen LogP contribution in [0.1, 0.15) is 0 Å². The van der Waals surface area contributed by atoms with Crippen molar-refractivity contribution >= 4 is 71.6 Å². The monoisotopic (exact) mass is 868 g/mol. The van der Waals surface area contributed by atoms with Gasteiger partial charge >= 0.3 is 0 Å². The van der Waals surface area contributed by atoms with Crippen molar-refractivity contribution in [2.45, 2.75) is 0 Å². The quantitative estimate of drug-likeness (QED) is 0.160. The molecule has 0 saturated heterocycles. The van der Waals surface area contributed by atoms with E-state index in [2.05, 4.69) is 228 Å². The zero-order valence-electron chi connectivity index (χ0n) is 36.8. The summed E-state index contributed by atoms with van der Waals surface area (Å²) < 4.78 is 15.1. The first kappa shape index (κ1) is 38.2. The average molecular weight is 869 g/mol. The van der Waals surface area contributed by atoms with Gasteiger partial charge in [0.25, 0.3) is 0 Å². The lowest BCUT2D eigenvalue weighted by Crippen LogP contribution is -2.11. The molecule has 1 aliphatic rings. The molecule has 0 saturated carbocycles. The van der Waals surface area contributed by atoms with Gasteiger partial charge in [0.1, 0.15) is 11.2 Å². The molecule has 68 heavy (non-hydrogen) atoms. The number of fused-ring (bicyclic) bond motifs is 9. The Morgan fingerprint density at radius 1 is 0.338 bits per heavy atom. The molecule has 0 unspecified atom stereocenters. The largest absolute Gasteiger partial charge is 0.456 e. The van der Waals surface area contributed by atoms with Crippen LogP contribution in [0.3, 0.4) is 0 Å². The molecule has 3 heterocycles. The van der Waals surface area contributed by atoms with Crippen molar-refractivity contribution in [2.24, 2.45) is 0 Å². The highest BCUT2D eigenvalue weighted by atomic mass is 16.5. The number of aromatic nitrogens is 1. The van der Waals surface area contributed by atoms with E-state index in [1.54, 1.807) is 0 Å². The number of ether oxygens (including phenoxy) is 1. The summed E-state index contributed by atoms with van der Waals surface area (Å²) in [5.74, 6) is 1.73. The van der Waals surface area contributed by atoms with Crippen LogP contribution in [0.2, 0.25) is 0 Å². The predicted octanol–water partition coefficient (Wildman–Crippen LogP) is 18.1. The molecule has 0 spiro atoms. The van der Waals surface area contributed by atoms with E-state index in [1.807, 2.05) is 24.3 Å². The molecule has 0 N–H and O–H groups in total. The highest BCUT2D eigenvalue weighted by Gasteiger charge is 2.25. The molecular formula is C64H40N2O2. The van der Waals surface area contributed by atoms with Crippen LogP contribution in [0.15, 0.2) is 247 Å². The van der Waals surface area contributed by atoms with E-state index in [0.717, 1.165) is 95.0 Å². The van der Waals surface area contributed by atoms with E-state index in [1.165, 1.54) is 38.2 Å². The van der Waals surface area contributed by atoms with Gasteiger partial charge < -0.3 is 18.6 Å².